The Balaban J connectivity index is 2.02. The first-order valence-electron chi connectivity index (χ1n) is 9.85. The Morgan fingerprint density at radius 3 is 2.46 bits per heavy atom. The van der Waals surface area contributed by atoms with E-state index < -0.39 is 0 Å². The lowest BCUT2D eigenvalue weighted by Gasteiger charge is -2.25. The molecule has 2 N–H and O–H groups in total. The van der Waals surface area contributed by atoms with Gasteiger partial charge in [0.2, 0.25) is 0 Å². The smallest absolute Gasteiger partial charge is 0.268 e. The number of rotatable bonds is 4. The summed E-state index contributed by atoms with van der Waals surface area (Å²) in [5.74, 6) is 0.179. The highest BCUT2D eigenvalue weighted by atomic mass is 16.2. The van der Waals surface area contributed by atoms with Crippen molar-refractivity contribution in [1.82, 2.24) is 15.2 Å². The molecule has 1 aliphatic heterocycles. The molecule has 0 radical (unpaired) electrons. The van der Waals surface area contributed by atoms with Crippen LogP contribution in [0.4, 0.5) is 0 Å². The SMILES string of the molecule is CNC(=O)c1c(CC2CCNCC2)c(=O)c2ccccc2n1-c1ccccc1. The maximum absolute atomic E-state index is 13.4. The number of fused-ring (bicyclic) bond motifs is 1. The van der Waals surface area contributed by atoms with Crippen LogP contribution in [0.15, 0.2) is 59.4 Å². The third-order valence-corrected chi connectivity index (χ3v) is 5.58. The highest BCUT2D eigenvalue weighted by molar-refractivity contribution is 5.98. The van der Waals surface area contributed by atoms with Crippen LogP contribution in [0, 0.1) is 5.92 Å². The molecule has 0 unspecified atom stereocenters. The van der Waals surface area contributed by atoms with Crippen molar-refractivity contribution < 1.29 is 4.79 Å². The molecular weight excluding hydrogens is 350 g/mol. The lowest BCUT2D eigenvalue weighted by molar-refractivity contribution is 0.0954. The van der Waals surface area contributed by atoms with Crippen LogP contribution in [-0.4, -0.2) is 30.6 Å². The molecule has 0 aliphatic carbocycles. The summed E-state index contributed by atoms with van der Waals surface area (Å²) < 4.78 is 1.94. The quantitative estimate of drug-likeness (QED) is 0.737. The van der Waals surface area contributed by atoms with E-state index >= 15 is 0 Å². The normalized spacial score (nSPS) is 14.9. The van der Waals surface area contributed by atoms with Gasteiger partial charge in [0.15, 0.2) is 5.43 Å². The number of nitrogens with zero attached hydrogens (tertiary/aromatic N) is 1. The van der Waals surface area contributed by atoms with Crippen LogP contribution in [0.2, 0.25) is 0 Å². The lowest BCUT2D eigenvalue weighted by atomic mass is 9.89. The monoisotopic (exact) mass is 375 g/mol. The van der Waals surface area contributed by atoms with Gasteiger partial charge < -0.3 is 15.2 Å². The standard InChI is InChI=1S/C23H25N3O2/c1-24-23(28)21-19(15-16-11-13-25-14-12-16)22(27)18-9-5-6-10-20(18)26(21)17-7-3-2-4-8-17/h2-10,16,25H,11-15H2,1H3,(H,24,28). The van der Waals surface area contributed by atoms with Gasteiger partial charge in [-0.05, 0) is 62.5 Å². The molecule has 4 rings (SSSR count). The summed E-state index contributed by atoms with van der Waals surface area (Å²) in [6, 6.07) is 17.3. The number of pyridine rings is 1. The summed E-state index contributed by atoms with van der Waals surface area (Å²) in [5.41, 5.74) is 2.68. The average molecular weight is 375 g/mol. The predicted molar refractivity (Wildman–Crippen MR) is 112 cm³/mol. The highest BCUT2D eigenvalue weighted by Crippen LogP contribution is 2.25. The molecule has 3 aromatic rings. The molecule has 2 heterocycles. The van der Waals surface area contributed by atoms with Crippen LogP contribution in [-0.2, 0) is 6.42 Å². The van der Waals surface area contributed by atoms with E-state index in [0.29, 0.717) is 29.0 Å². The molecule has 0 atom stereocenters. The number of nitrogens with one attached hydrogen (secondary N) is 2. The van der Waals surface area contributed by atoms with E-state index in [1.54, 1.807) is 7.05 Å². The van der Waals surface area contributed by atoms with Gasteiger partial charge >= 0.3 is 0 Å². The molecule has 1 saturated heterocycles. The predicted octanol–water partition coefficient (Wildman–Crippen LogP) is 2.89. The van der Waals surface area contributed by atoms with Crippen molar-refractivity contribution >= 4 is 16.8 Å². The van der Waals surface area contributed by atoms with Crippen molar-refractivity contribution in [2.24, 2.45) is 5.92 Å². The highest BCUT2D eigenvalue weighted by Gasteiger charge is 2.25. The fourth-order valence-electron chi connectivity index (χ4n) is 4.15. The second kappa shape index (κ2) is 7.98. The second-order valence-corrected chi connectivity index (χ2v) is 7.32. The molecule has 0 spiro atoms. The Kier molecular flexibility index (Phi) is 5.26. The molecule has 1 aromatic heterocycles. The fourth-order valence-corrected chi connectivity index (χ4v) is 4.15. The number of hydrogen-bond donors (Lipinski definition) is 2. The van der Waals surface area contributed by atoms with E-state index in [1.165, 1.54) is 0 Å². The van der Waals surface area contributed by atoms with E-state index in [4.69, 9.17) is 0 Å². The minimum absolute atomic E-state index is 0.0279. The summed E-state index contributed by atoms with van der Waals surface area (Å²) in [6.07, 6.45) is 2.66. The van der Waals surface area contributed by atoms with Crippen molar-refractivity contribution in [3.63, 3.8) is 0 Å². The minimum Gasteiger partial charge on any atom is -0.354 e. The van der Waals surface area contributed by atoms with Gasteiger partial charge in [-0.1, -0.05) is 30.3 Å². The van der Waals surface area contributed by atoms with Gasteiger partial charge in [0.25, 0.3) is 5.91 Å². The van der Waals surface area contributed by atoms with Gasteiger partial charge in [-0.3, -0.25) is 9.59 Å². The van der Waals surface area contributed by atoms with Gasteiger partial charge in [-0.2, -0.15) is 0 Å². The Bertz CT molecular complexity index is 1050. The third kappa shape index (κ3) is 3.34. The van der Waals surface area contributed by atoms with Crippen molar-refractivity contribution in [2.45, 2.75) is 19.3 Å². The number of aromatic nitrogens is 1. The second-order valence-electron chi connectivity index (χ2n) is 7.32. The molecule has 5 nitrogen and oxygen atoms in total. The van der Waals surface area contributed by atoms with Crippen molar-refractivity contribution in [3.05, 3.63) is 76.1 Å². The number of hydrogen-bond acceptors (Lipinski definition) is 3. The van der Waals surface area contributed by atoms with Crippen LogP contribution in [0.5, 0.6) is 0 Å². The largest absolute Gasteiger partial charge is 0.354 e. The minimum atomic E-state index is -0.226. The summed E-state index contributed by atoms with van der Waals surface area (Å²) in [6.45, 7) is 1.92. The molecule has 1 fully saturated rings. The molecule has 1 aliphatic rings. The van der Waals surface area contributed by atoms with Crippen LogP contribution in [0.1, 0.15) is 28.9 Å². The topological polar surface area (TPSA) is 63.1 Å². The van der Waals surface area contributed by atoms with E-state index in [1.807, 2.05) is 59.2 Å². The number of para-hydroxylation sites is 2. The van der Waals surface area contributed by atoms with E-state index in [0.717, 1.165) is 37.1 Å². The number of benzene rings is 2. The van der Waals surface area contributed by atoms with Crippen molar-refractivity contribution in [1.29, 1.82) is 0 Å². The van der Waals surface area contributed by atoms with Crippen LogP contribution in [0.25, 0.3) is 16.6 Å². The maximum atomic E-state index is 13.4. The number of carbonyl (C=O) groups is 1. The molecule has 0 bridgehead atoms. The maximum Gasteiger partial charge on any atom is 0.268 e. The van der Waals surface area contributed by atoms with Crippen LogP contribution in [0.3, 0.4) is 0 Å². The van der Waals surface area contributed by atoms with Gasteiger partial charge in [0.1, 0.15) is 5.69 Å². The average Bonchev–Trinajstić information content (AvgIpc) is 2.76. The van der Waals surface area contributed by atoms with Gasteiger partial charge in [-0.15, -0.1) is 0 Å². The molecule has 1 amide bonds. The summed E-state index contributed by atoms with van der Waals surface area (Å²) in [7, 11) is 1.62. The zero-order chi connectivity index (χ0) is 19.5. The Hall–Kier alpha value is -2.92. The van der Waals surface area contributed by atoms with Crippen LogP contribution >= 0.6 is 0 Å². The van der Waals surface area contributed by atoms with Crippen LogP contribution < -0.4 is 16.1 Å². The first-order chi connectivity index (χ1) is 13.7. The number of piperidine rings is 1. The van der Waals surface area contributed by atoms with Crippen molar-refractivity contribution in [3.8, 4) is 5.69 Å². The Morgan fingerprint density at radius 2 is 1.75 bits per heavy atom. The third-order valence-electron chi connectivity index (χ3n) is 5.58. The number of amides is 1. The lowest BCUT2D eigenvalue weighted by Crippen LogP contribution is -2.33. The molecule has 2 aromatic carbocycles. The molecule has 28 heavy (non-hydrogen) atoms. The van der Waals surface area contributed by atoms with Gasteiger partial charge in [-0.25, -0.2) is 0 Å². The van der Waals surface area contributed by atoms with Crippen molar-refractivity contribution in [2.75, 3.05) is 20.1 Å². The summed E-state index contributed by atoms with van der Waals surface area (Å²) in [5, 5.41) is 6.77. The van der Waals surface area contributed by atoms with E-state index in [2.05, 4.69) is 10.6 Å². The zero-order valence-corrected chi connectivity index (χ0v) is 16.1. The Morgan fingerprint density at radius 1 is 1.07 bits per heavy atom. The first-order valence-corrected chi connectivity index (χ1v) is 9.85. The summed E-state index contributed by atoms with van der Waals surface area (Å²) in [4.78, 5) is 26.4. The summed E-state index contributed by atoms with van der Waals surface area (Å²) >= 11 is 0. The van der Waals surface area contributed by atoms with Gasteiger partial charge in [0, 0.05) is 23.7 Å². The zero-order valence-electron chi connectivity index (χ0n) is 16.1. The molecule has 144 valence electrons. The van der Waals surface area contributed by atoms with E-state index in [-0.39, 0.29) is 11.3 Å². The van der Waals surface area contributed by atoms with E-state index in [9.17, 15) is 9.59 Å². The molecular formula is C23H25N3O2. The molecule has 0 saturated carbocycles. The Labute approximate surface area is 164 Å². The fraction of sp³-hybridized carbons (Fsp3) is 0.304. The molecule has 5 heteroatoms. The van der Waals surface area contributed by atoms with Gasteiger partial charge in [0.05, 0.1) is 5.52 Å². The number of carbonyl (C=O) groups excluding carboxylic acids is 1. The first kappa shape index (κ1) is 18.4.